The van der Waals surface area contributed by atoms with E-state index in [1.807, 2.05) is 32.0 Å². The lowest BCUT2D eigenvalue weighted by molar-refractivity contribution is 0.591. The van der Waals surface area contributed by atoms with Gasteiger partial charge in [-0.1, -0.05) is 41.6 Å². The zero-order valence-electron chi connectivity index (χ0n) is 11.4. The quantitative estimate of drug-likeness (QED) is 0.885. The van der Waals surface area contributed by atoms with E-state index >= 15 is 0 Å². The van der Waals surface area contributed by atoms with E-state index in [2.05, 4.69) is 13.0 Å². The van der Waals surface area contributed by atoms with Gasteiger partial charge in [0.2, 0.25) is 0 Å². The van der Waals surface area contributed by atoms with Gasteiger partial charge in [-0.2, -0.15) is 0 Å². The molecule has 19 heavy (non-hydrogen) atoms. The molecule has 3 heteroatoms. The Labute approximate surface area is 118 Å². The smallest absolute Gasteiger partial charge is 0.137 e. The molecule has 2 aromatic rings. The zero-order valence-corrected chi connectivity index (χ0v) is 12.2. The van der Waals surface area contributed by atoms with Gasteiger partial charge >= 0.3 is 0 Å². The number of hydrogen-bond donors (Lipinski definition) is 1. The molecule has 0 aromatic heterocycles. The minimum absolute atomic E-state index is 0.177. The van der Waals surface area contributed by atoms with Crippen LogP contribution in [-0.4, -0.2) is 0 Å². The molecule has 0 heterocycles. The summed E-state index contributed by atoms with van der Waals surface area (Å²) in [6.07, 6.45) is 0. The first-order chi connectivity index (χ1) is 8.99. The maximum Gasteiger partial charge on any atom is 0.137 e. The molecule has 2 aromatic carbocycles. The number of rotatable bonds is 3. The summed E-state index contributed by atoms with van der Waals surface area (Å²) in [6, 6.07) is 11.1. The van der Waals surface area contributed by atoms with Gasteiger partial charge in [-0.25, -0.2) is 4.39 Å². The predicted molar refractivity (Wildman–Crippen MR) is 79.0 cm³/mol. The maximum absolute atomic E-state index is 14.0. The number of aryl methyl sites for hydroxylation is 2. The average molecular weight is 275 g/mol. The molecule has 2 rings (SSSR count). The first-order valence-corrected chi connectivity index (χ1v) is 7.10. The van der Waals surface area contributed by atoms with Crippen molar-refractivity contribution in [2.24, 2.45) is 5.73 Å². The maximum atomic E-state index is 14.0. The summed E-state index contributed by atoms with van der Waals surface area (Å²) >= 11 is 1.45. The van der Waals surface area contributed by atoms with Crippen molar-refractivity contribution in [2.75, 3.05) is 0 Å². The fraction of sp³-hybridized carbons (Fsp3) is 0.250. The molecule has 0 saturated carbocycles. The largest absolute Gasteiger partial charge is 0.324 e. The third-order valence-electron chi connectivity index (χ3n) is 3.03. The van der Waals surface area contributed by atoms with E-state index < -0.39 is 0 Å². The van der Waals surface area contributed by atoms with Crippen molar-refractivity contribution in [3.05, 3.63) is 58.9 Å². The molecule has 0 radical (unpaired) electrons. The Morgan fingerprint density at radius 2 is 1.89 bits per heavy atom. The predicted octanol–water partition coefficient (Wildman–Crippen LogP) is 4.61. The average Bonchev–Trinajstić information content (AvgIpc) is 2.34. The standard InChI is InChI=1S/C16H18FNS/c1-10-7-8-15(11(2)9-10)19-16-13(12(3)18)5-4-6-14(16)17/h4-9,12H,18H2,1-3H3. The molecule has 0 aliphatic carbocycles. The van der Waals surface area contributed by atoms with Gasteiger partial charge in [0, 0.05) is 10.9 Å². The molecule has 100 valence electrons. The number of benzene rings is 2. The normalized spacial score (nSPS) is 12.5. The van der Waals surface area contributed by atoms with Crippen LogP contribution in [0.25, 0.3) is 0 Å². The van der Waals surface area contributed by atoms with E-state index in [-0.39, 0.29) is 11.9 Å². The molecule has 0 spiro atoms. The third kappa shape index (κ3) is 3.17. The van der Waals surface area contributed by atoms with Gasteiger partial charge in [-0.15, -0.1) is 0 Å². The topological polar surface area (TPSA) is 26.0 Å². The summed E-state index contributed by atoms with van der Waals surface area (Å²) in [6.45, 7) is 5.97. The summed E-state index contributed by atoms with van der Waals surface area (Å²) in [7, 11) is 0. The van der Waals surface area contributed by atoms with E-state index in [1.54, 1.807) is 6.07 Å². The second-order valence-corrected chi connectivity index (χ2v) is 5.87. The van der Waals surface area contributed by atoms with E-state index in [0.717, 1.165) is 16.0 Å². The van der Waals surface area contributed by atoms with Crippen molar-refractivity contribution in [2.45, 2.75) is 36.6 Å². The Hall–Kier alpha value is -1.32. The lowest BCUT2D eigenvalue weighted by Crippen LogP contribution is -2.07. The van der Waals surface area contributed by atoms with Gasteiger partial charge in [0.1, 0.15) is 5.82 Å². The molecule has 0 fully saturated rings. The van der Waals surface area contributed by atoms with Crippen LogP contribution in [0.5, 0.6) is 0 Å². The van der Waals surface area contributed by atoms with E-state index in [1.165, 1.54) is 23.4 Å². The Morgan fingerprint density at radius 1 is 1.16 bits per heavy atom. The third-order valence-corrected chi connectivity index (χ3v) is 4.34. The summed E-state index contributed by atoms with van der Waals surface area (Å²) in [4.78, 5) is 1.70. The van der Waals surface area contributed by atoms with Crippen LogP contribution in [0.2, 0.25) is 0 Å². The van der Waals surface area contributed by atoms with Crippen LogP contribution in [0.15, 0.2) is 46.2 Å². The van der Waals surface area contributed by atoms with E-state index in [0.29, 0.717) is 4.90 Å². The molecular weight excluding hydrogens is 257 g/mol. The van der Waals surface area contributed by atoms with Crippen molar-refractivity contribution < 1.29 is 4.39 Å². The second kappa shape index (κ2) is 5.76. The summed E-state index contributed by atoms with van der Waals surface area (Å²) in [5, 5.41) is 0. The molecule has 0 amide bonds. The highest BCUT2D eigenvalue weighted by Crippen LogP contribution is 2.36. The van der Waals surface area contributed by atoms with Crippen molar-refractivity contribution >= 4 is 11.8 Å². The Bertz CT molecular complexity index is 593. The van der Waals surface area contributed by atoms with Crippen LogP contribution in [-0.2, 0) is 0 Å². The Kier molecular flexibility index (Phi) is 4.27. The summed E-state index contributed by atoms with van der Waals surface area (Å²) in [5.41, 5.74) is 9.14. The Balaban J connectivity index is 2.43. The van der Waals surface area contributed by atoms with Crippen LogP contribution in [0.1, 0.15) is 29.7 Å². The molecular formula is C16H18FNS. The van der Waals surface area contributed by atoms with Crippen LogP contribution in [0.3, 0.4) is 0 Å². The zero-order chi connectivity index (χ0) is 14.0. The Morgan fingerprint density at radius 3 is 2.53 bits per heavy atom. The minimum Gasteiger partial charge on any atom is -0.324 e. The minimum atomic E-state index is -0.209. The highest BCUT2D eigenvalue weighted by Gasteiger charge is 2.13. The van der Waals surface area contributed by atoms with Gasteiger partial charge in [0.15, 0.2) is 0 Å². The molecule has 0 aliphatic heterocycles. The van der Waals surface area contributed by atoms with Gasteiger partial charge < -0.3 is 5.73 Å². The number of halogens is 1. The molecule has 2 N–H and O–H groups in total. The van der Waals surface area contributed by atoms with Crippen molar-refractivity contribution in [1.29, 1.82) is 0 Å². The summed E-state index contributed by atoms with van der Waals surface area (Å²) < 4.78 is 14.0. The van der Waals surface area contributed by atoms with Crippen LogP contribution < -0.4 is 5.73 Å². The lowest BCUT2D eigenvalue weighted by atomic mass is 10.1. The van der Waals surface area contributed by atoms with Crippen LogP contribution >= 0.6 is 11.8 Å². The first kappa shape index (κ1) is 14.1. The molecule has 1 nitrogen and oxygen atoms in total. The molecule has 1 atom stereocenters. The first-order valence-electron chi connectivity index (χ1n) is 6.28. The molecule has 0 bridgehead atoms. The highest BCUT2D eigenvalue weighted by molar-refractivity contribution is 7.99. The van der Waals surface area contributed by atoms with Gasteiger partial charge in [0.25, 0.3) is 0 Å². The van der Waals surface area contributed by atoms with Gasteiger partial charge in [0.05, 0.1) is 4.90 Å². The fourth-order valence-corrected chi connectivity index (χ4v) is 3.13. The van der Waals surface area contributed by atoms with E-state index in [9.17, 15) is 4.39 Å². The lowest BCUT2D eigenvalue weighted by Gasteiger charge is -2.14. The van der Waals surface area contributed by atoms with E-state index in [4.69, 9.17) is 5.73 Å². The highest BCUT2D eigenvalue weighted by atomic mass is 32.2. The van der Waals surface area contributed by atoms with Crippen molar-refractivity contribution in [1.82, 2.24) is 0 Å². The van der Waals surface area contributed by atoms with Gasteiger partial charge in [-0.05, 0) is 44.0 Å². The monoisotopic (exact) mass is 275 g/mol. The van der Waals surface area contributed by atoms with Crippen molar-refractivity contribution in [3.63, 3.8) is 0 Å². The molecule has 0 aliphatic rings. The van der Waals surface area contributed by atoms with Crippen LogP contribution in [0.4, 0.5) is 4.39 Å². The number of nitrogens with two attached hydrogens (primary N) is 1. The molecule has 1 unspecified atom stereocenters. The second-order valence-electron chi connectivity index (χ2n) is 4.82. The van der Waals surface area contributed by atoms with Crippen LogP contribution in [0, 0.1) is 19.7 Å². The SMILES string of the molecule is Cc1ccc(Sc2c(F)cccc2C(C)N)c(C)c1. The van der Waals surface area contributed by atoms with Gasteiger partial charge in [-0.3, -0.25) is 0 Å². The van der Waals surface area contributed by atoms with Crippen molar-refractivity contribution in [3.8, 4) is 0 Å². The fourth-order valence-electron chi connectivity index (χ4n) is 2.02. The molecule has 0 saturated heterocycles. The summed E-state index contributed by atoms with van der Waals surface area (Å²) in [5.74, 6) is -0.209. The number of hydrogen-bond acceptors (Lipinski definition) is 2.